The molecule has 1 fully saturated rings. The first-order chi connectivity index (χ1) is 9.44. The van der Waals surface area contributed by atoms with Crippen molar-refractivity contribution in [2.24, 2.45) is 11.3 Å². The van der Waals surface area contributed by atoms with Crippen molar-refractivity contribution in [1.82, 2.24) is 5.32 Å². The molecule has 2 N–H and O–H groups in total. The number of carboxylic acids is 1. The van der Waals surface area contributed by atoms with Crippen molar-refractivity contribution in [3.63, 3.8) is 0 Å². The summed E-state index contributed by atoms with van der Waals surface area (Å²) < 4.78 is 39.0. The third-order valence-electron chi connectivity index (χ3n) is 4.20. The quantitative estimate of drug-likeness (QED) is 0.820. The molecule has 4 nitrogen and oxygen atoms in total. The number of aliphatic carboxylic acids is 1. The van der Waals surface area contributed by atoms with E-state index in [2.05, 4.69) is 0 Å². The fourth-order valence-corrected chi connectivity index (χ4v) is 2.96. The van der Waals surface area contributed by atoms with Crippen molar-refractivity contribution in [3.8, 4) is 0 Å². The summed E-state index contributed by atoms with van der Waals surface area (Å²) in [6.45, 7) is 4.28. The van der Waals surface area contributed by atoms with Crippen molar-refractivity contribution >= 4 is 11.9 Å². The van der Waals surface area contributed by atoms with Crippen LogP contribution in [0.3, 0.4) is 0 Å². The lowest BCUT2D eigenvalue weighted by Gasteiger charge is -2.35. The molecule has 122 valence electrons. The molecular weight excluding hydrogens is 287 g/mol. The summed E-state index contributed by atoms with van der Waals surface area (Å²) in [6.07, 6.45) is -2.03. The maximum Gasteiger partial charge on any atom is 0.422 e. The van der Waals surface area contributed by atoms with E-state index < -0.39 is 29.0 Å². The van der Waals surface area contributed by atoms with Gasteiger partial charge in [-0.1, -0.05) is 26.7 Å². The molecular formula is C14H22F3NO3. The van der Waals surface area contributed by atoms with Gasteiger partial charge in [0.1, 0.15) is 0 Å². The Balaban J connectivity index is 3.03. The summed E-state index contributed by atoms with van der Waals surface area (Å²) in [4.78, 5) is 23.4. The van der Waals surface area contributed by atoms with Crippen molar-refractivity contribution in [2.45, 2.75) is 64.6 Å². The lowest BCUT2D eigenvalue weighted by atomic mass is 9.77. The van der Waals surface area contributed by atoms with Gasteiger partial charge in [0, 0.05) is 5.41 Å². The van der Waals surface area contributed by atoms with E-state index >= 15 is 0 Å². The van der Waals surface area contributed by atoms with Crippen LogP contribution in [-0.4, -0.2) is 28.7 Å². The van der Waals surface area contributed by atoms with Crippen LogP contribution in [0.15, 0.2) is 0 Å². The van der Waals surface area contributed by atoms with Gasteiger partial charge in [-0.3, -0.25) is 4.79 Å². The molecule has 1 unspecified atom stereocenters. The first-order valence-corrected chi connectivity index (χ1v) is 7.07. The first kappa shape index (κ1) is 17.8. The zero-order valence-corrected chi connectivity index (χ0v) is 12.5. The van der Waals surface area contributed by atoms with Gasteiger partial charge in [-0.05, 0) is 32.1 Å². The van der Waals surface area contributed by atoms with Crippen molar-refractivity contribution in [2.75, 3.05) is 0 Å². The van der Waals surface area contributed by atoms with Gasteiger partial charge >= 0.3 is 12.1 Å². The number of carbonyl (C=O) groups excluding carboxylic acids is 1. The zero-order valence-electron chi connectivity index (χ0n) is 12.5. The summed E-state index contributed by atoms with van der Waals surface area (Å²) >= 11 is 0. The fourth-order valence-electron chi connectivity index (χ4n) is 2.96. The Morgan fingerprint density at radius 1 is 1.24 bits per heavy atom. The predicted molar refractivity (Wildman–Crippen MR) is 70.6 cm³/mol. The van der Waals surface area contributed by atoms with Crippen LogP contribution in [0, 0.1) is 11.3 Å². The summed E-state index contributed by atoms with van der Waals surface area (Å²) in [7, 11) is 0. The van der Waals surface area contributed by atoms with Gasteiger partial charge in [0.25, 0.3) is 0 Å². The van der Waals surface area contributed by atoms with Gasteiger partial charge in [0.15, 0.2) is 0 Å². The molecule has 1 saturated carbocycles. The number of carboxylic acid groups (broad SMARTS) is 1. The van der Waals surface area contributed by atoms with Crippen molar-refractivity contribution < 1.29 is 27.9 Å². The molecule has 0 spiro atoms. The van der Waals surface area contributed by atoms with Crippen LogP contribution in [-0.2, 0) is 9.59 Å². The maximum atomic E-state index is 13.0. The first-order valence-electron chi connectivity index (χ1n) is 7.07. The minimum Gasteiger partial charge on any atom is -0.479 e. The van der Waals surface area contributed by atoms with E-state index in [9.17, 15) is 22.8 Å². The van der Waals surface area contributed by atoms with E-state index in [0.717, 1.165) is 12.8 Å². The Bertz CT molecular complexity index is 414. The van der Waals surface area contributed by atoms with Crippen LogP contribution >= 0.6 is 0 Å². The smallest absolute Gasteiger partial charge is 0.422 e. The molecule has 0 aromatic heterocycles. The molecule has 0 aromatic carbocycles. The molecule has 0 heterocycles. The average Bonchev–Trinajstić information content (AvgIpc) is 2.75. The lowest BCUT2D eigenvalue weighted by molar-refractivity contribution is -0.208. The molecule has 21 heavy (non-hydrogen) atoms. The highest BCUT2D eigenvalue weighted by Crippen LogP contribution is 2.44. The minimum atomic E-state index is -5.05. The summed E-state index contributed by atoms with van der Waals surface area (Å²) in [6, 6.07) is 0. The van der Waals surface area contributed by atoms with Crippen LogP contribution in [0.4, 0.5) is 13.2 Å². The van der Waals surface area contributed by atoms with E-state index in [1.54, 1.807) is 5.32 Å². The van der Waals surface area contributed by atoms with E-state index in [1.807, 2.05) is 13.8 Å². The normalized spacial score (nSPS) is 21.1. The van der Waals surface area contributed by atoms with Crippen LogP contribution in [0.1, 0.15) is 52.9 Å². The van der Waals surface area contributed by atoms with Gasteiger partial charge in [-0.2, -0.15) is 13.2 Å². The highest BCUT2D eigenvalue weighted by atomic mass is 19.4. The SMILES string of the molecule is CC(C)CC1(C(=O)NC(C)(C(=O)O)C(F)(F)F)CCCC1. The van der Waals surface area contributed by atoms with Gasteiger partial charge in [-0.25, -0.2) is 4.79 Å². The molecule has 0 aromatic rings. The Kier molecular flexibility index (Phi) is 4.95. The highest BCUT2D eigenvalue weighted by molar-refractivity contribution is 5.90. The molecule has 1 amide bonds. The number of halogens is 3. The molecule has 0 saturated heterocycles. The van der Waals surface area contributed by atoms with Gasteiger partial charge < -0.3 is 10.4 Å². The third kappa shape index (κ3) is 3.49. The summed E-state index contributed by atoms with van der Waals surface area (Å²) in [5.41, 5.74) is -4.13. The van der Waals surface area contributed by atoms with Crippen molar-refractivity contribution in [1.29, 1.82) is 0 Å². The second-order valence-electron chi connectivity index (χ2n) is 6.47. The molecule has 1 rings (SSSR count). The standard InChI is InChI=1S/C14H22F3NO3/c1-9(2)8-13(6-4-5-7-13)10(19)18-12(3,11(20)21)14(15,16)17/h9H,4-8H2,1-3H3,(H,18,19)(H,20,21). The van der Waals surface area contributed by atoms with Crippen LogP contribution < -0.4 is 5.32 Å². The zero-order chi connectivity index (χ0) is 16.5. The van der Waals surface area contributed by atoms with E-state index in [0.29, 0.717) is 26.2 Å². The molecule has 1 atom stereocenters. The molecule has 1 aliphatic carbocycles. The van der Waals surface area contributed by atoms with E-state index in [-0.39, 0.29) is 5.92 Å². The lowest BCUT2D eigenvalue weighted by Crippen LogP contribution is -2.64. The molecule has 0 aliphatic heterocycles. The molecule has 1 aliphatic rings. The molecule has 7 heteroatoms. The Morgan fingerprint density at radius 2 is 1.71 bits per heavy atom. The van der Waals surface area contributed by atoms with Gasteiger partial charge in [0.2, 0.25) is 11.4 Å². The van der Waals surface area contributed by atoms with E-state index in [4.69, 9.17) is 5.11 Å². The van der Waals surface area contributed by atoms with Gasteiger partial charge in [0.05, 0.1) is 0 Å². The second-order valence-corrected chi connectivity index (χ2v) is 6.47. The number of hydrogen-bond acceptors (Lipinski definition) is 2. The Hall–Kier alpha value is -1.27. The Labute approximate surface area is 122 Å². The largest absolute Gasteiger partial charge is 0.479 e. The van der Waals surface area contributed by atoms with Gasteiger partial charge in [-0.15, -0.1) is 0 Å². The number of rotatable bonds is 5. The number of amides is 1. The third-order valence-corrected chi connectivity index (χ3v) is 4.20. The number of nitrogens with one attached hydrogen (secondary N) is 1. The number of hydrogen-bond donors (Lipinski definition) is 2. The minimum absolute atomic E-state index is 0.149. The predicted octanol–water partition coefficient (Wildman–Crippen LogP) is 3.11. The second kappa shape index (κ2) is 5.85. The van der Waals surface area contributed by atoms with Crippen molar-refractivity contribution in [3.05, 3.63) is 0 Å². The maximum absolute atomic E-state index is 13.0. The monoisotopic (exact) mass is 309 g/mol. The van der Waals surface area contributed by atoms with E-state index in [1.165, 1.54) is 0 Å². The number of alkyl halides is 3. The molecule has 0 bridgehead atoms. The summed E-state index contributed by atoms with van der Waals surface area (Å²) in [5, 5.41) is 10.6. The average molecular weight is 309 g/mol. The topological polar surface area (TPSA) is 66.4 Å². The summed E-state index contributed by atoms with van der Waals surface area (Å²) in [5.74, 6) is -2.74. The fraction of sp³-hybridized carbons (Fsp3) is 0.857. The Morgan fingerprint density at radius 3 is 2.05 bits per heavy atom. The number of carbonyl (C=O) groups is 2. The highest BCUT2D eigenvalue weighted by Gasteiger charge is 2.60. The molecule has 0 radical (unpaired) electrons. The van der Waals surface area contributed by atoms with Crippen LogP contribution in [0.2, 0.25) is 0 Å². The van der Waals surface area contributed by atoms with Crippen LogP contribution in [0.25, 0.3) is 0 Å². The van der Waals surface area contributed by atoms with Crippen LogP contribution in [0.5, 0.6) is 0 Å².